The first-order valence-electron chi connectivity index (χ1n) is 7.61. The molecule has 2 aromatic rings. The molecule has 0 unspecified atom stereocenters. The highest BCUT2D eigenvalue weighted by atomic mass is 35.5. The molecule has 0 fully saturated rings. The van der Waals surface area contributed by atoms with E-state index in [1.165, 1.54) is 6.92 Å². The molecule has 0 heterocycles. The molecule has 0 saturated carbocycles. The highest BCUT2D eigenvalue weighted by molar-refractivity contribution is 6.30. The summed E-state index contributed by atoms with van der Waals surface area (Å²) in [6.07, 6.45) is 0.169. The Morgan fingerprint density at radius 1 is 0.920 bits per heavy atom. The van der Waals surface area contributed by atoms with Crippen molar-refractivity contribution in [3.63, 3.8) is 0 Å². The van der Waals surface area contributed by atoms with Crippen molar-refractivity contribution in [1.29, 1.82) is 0 Å². The van der Waals surface area contributed by atoms with Gasteiger partial charge in [0, 0.05) is 23.3 Å². The third-order valence-corrected chi connectivity index (χ3v) is 3.44. The van der Waals surface area contributed by atoms with Crippen LogP contribution in [-0.2, 0) is 20.8 Å². The summed E-state index contributed by atoms with van der Waals surface area (Å²) in [5, 5.41) is 8.45. The van der Waals surface area contributed by atoms with Crippen molar-refractivity contribution in [2.45, 2.75) is 13.3 Å². The fourth-order valence-corrected chi connectivity index (χ4v) is 2.24. The van der Waals surface area contributed by atoms with Gasteiger partial charge in [-0.1, -0.05) is 29.8 Å². The molecular weight excluding hydrogens is 342 g/mol. The minimum absolute atomic E-state index is 0.142. The monoisotopic (exact) mass is 359 g/mol. The SMILES string of the molecule is CC(=O)Nc1cccc(NC(=O)CNC(=O)Cc2ccc(Cl)cc2)c1. The number of benzene rings is 2. The maximum atomic E-state index is 11.9. The number of hydrogen-bond donors (Lipinski definition) is 3. The predicted molar refractivity (Wildman–Crippen MR) is 97.5 cm³/mol. The molecule has 0 bridgehead atoms. The van der Waals surface area contributed by atoms with Crippen molar-refractivity contribution in [3.05, 3.63) is 59.1 Å². The number of carbonyl (C=O) groups is 3. The van der Waals surface area contributed by atoms with Gasteiger partial charge in [-0.2, -0.15) is 0 Å². The Labute approximate surface area is 150 Å². The summed E-state index contributed by atoms with van der Waals surface area (Å²) in [5.41, 5.74) is 1.92. The Bertz CT molecular complexity index is 775. The molecule has 3 N–H and O–H groups in total. The number of anilines is 2. The number of hydrogen-bond acceptors (Lipinski definition) is 3. The highest BCUT2D eigenvalue weighted by Gasteiger charge is 2.07. The second-order valence-corrected chi connectivity index (χ2v) is 5.83. The van der Waals surface area contributed by atoms with Crippen LogP contribution in [0.15, 0.2) is 48.5 Å². The van der Waals surface area contributed by atoms with E-state index in [9.17, 15) is 14.4 Å². The van der Waals surface area contributed by atoms with Crippen molar-refractivity contribution in [1.82, 2.24) is 5.32 Å². The molecule has 0 atom stereocenters. The van der Waals surface area contributed by atoms with E-state index in [0.29, 0.717) is 16.4 Å². The fraction of sp³-hybridized carbons (Fsp3) is 0.167. The van der Waals surface area contributed by atoms with Crippen molar-refractivity contribution in [3.8, 4) is 0 Å². The quantitative estimate of drug-likeness (QED) is 0.740. The Kier molecular flexibility index (Phi) is 6.54. The van der Waals surface area contributed by atoms with Gasteiger partial charge in [-0.05, 0) is 35.9 Å². The Morgan fingerprint density at radius 3 is 2.20 bits per heavy atom. The van der Waals surface area contributed by atoms with E-state index in [0.717, 1.165) is 5.56 Å². The van der Waals surface area contributed by atoms with Gasteiger partial charge in [0.05, 0.1) is 13.0 Å². The lowest BCUT2D eigenvalue weighted by molar-refractivity contribution is -0.123. The summed E-state index contributed by atoms with van der Waals surface area (Å²) in [6, 6.07) is 13.7. The van der Waals surface area contributed by atoms with Gasteiger partial charge in [-0.15, -0.1) is 0 Å². The van der Waals surface area contributed by atoms with Crippen LogP contribution in [0.4, 0.5) is 11.4 Å². The number of carbonyl (C=O) groups excluding carboxylic acids is 3. The molecular formula is C18H18ClN3O3. The average molecular weight is 360 g/mol. The van der Waals surface area contributed by atoms with Crippen molar-refractivity contribution >= 4 is 40.7 Å². The van der Waals surface area contributed by atoms with Crippen molar-refractivity contribution < 1.29 is 14.4 Å². The second-order valence-electron chi connectivity index (χ2n) is 5.39. The fourth-order valence-electron chi connectivity index (χ4n) is 2.11. The standard InChI is InChI=1S/C18H18ClN3O3/c1-12(23)21-15-3-2-4-16(10-15)22-18(25)11-20-17(24)9-13-5-7-14(19)8-6-13/h2-8,10H,9,11H2,1H3,(H,20,24)(H,21,23)(H,22,25). The smallest absolute Gasteiger partial charge is 0.243 e. The summed E-state index contributed by atoms with van der Waals surface area (Å²) in [6.45, 7) is 1.26. The van der Waals surface area contributed by atoms with Gasteiger partial charge in [0.25, 0.3) is 0 Å². The normalized spacial score (nSPS) is 10.0. The summed E-state index contributed by atoms with van der Waals surface area (Å²) in [4.78, 5) is 34.8. The van der Waals surface area contributed by atoms with Crippen LogP contribution >= 0.6 is 11.6 Å². The van der Waals surface area contributed by atoms with Gasteiger partial charge < -0.3 is 16.0 Å². The third-order valence-electron chi connectivity index (χ3n) is 3.19. The molecule has 0 radical (unpaired) electrons. The molecule has 0 aliphatic rings. The third kappa shape index (κ3) is 6.64. The van der Waals surface area contributed by atoms with Gasteiger partial charge in [0.15, 0.2) is 0 Å². The van der Waals surface area contributed by atoms with E-state index in [-0.39, 0.29) is 30.7 Å². The molecule has 0 spiro atoms. The zero-order valence-electron chi connectivity index (χ0n) is 13.6. The van der Waals surface area contributed by atoms with Gasteiger partial charge in [0.2, 0.25) is 17.7 Å². The zero-order valence-corrected chi connectivity index (χ0v) is 14.4. The topological polar surface area (TPSA) is 87.3 Å². The number of nitrogens with one attached hydrogen (secondary N) is 3. The lowest BCUT2D eigenvalue weighted by Crippen LogP contribution is -2.33. The first-order valence-corrected chi connectivity index (χ1v) is 7.99. The van der Waals surface area contributed by atoms with Crippen LogP contribution in [0.3, 0.4) is 0 Å². The van der Waals surface area contributed by atoms with Crippen LogP contribution in [0, 0.1) is 0 Å². The summed E-state index contributed by atoms with van der Waals surface area (Å²) in [5.74, 6) is -0.813. The zero-order chi connectivity index (χ0) is 18.2. The molecule has 6 nitrogen and oxygen atoms in total. The summed E-state index contributed by atoms with van der Waals surface area (Å²) >= 11 is 5.79. The van der Waals surface area contributed by atoms with Gasteiger partial charge in [0.1, 0.15) is 0 Å². The second kappa shape index (κ2) is 8.84. The molecule has 2 rings (SSSR count). The molecule has 3 amide bonds. The molecule has 130 valence electrons. The van der Waals surface area contributed by atoms with Crippen LogP contribution in [0.1, 0.15) is 12.5 Å². The van der Waals surface area contributed by atoms with Gasteiger partial charge in [-0.3, -0.25) is 14.4 Å². The highest BCUT2D eigenvalue weighted by Crippen LogP contribution is 2.14. The lowest BCUT2D eigenvalue weighted by atomic mass is 10.1. The van der Waals surface area contributed by atoms with Crippen LogP contribution < -0.4 is 16.0 Å². The summed E-state index contributed by atoms with van der Waals surface area (Å²) in [7, 11) is 0. The van der Waals surface area contributed by atoms with Gasteiger partial charge in [-0.25, -0.2) is 0 Å². The van der Waals surface area contributed by atoms with Crippen molar-refractivity contribution in [2.75, 3.05) is 17.2 Å². The van der Waals surface area contributed by atoms with E-state index in [1.54, 1.807) is 48.5 Å². The van der Waals surface area contributed by atoms with Crippen LogP contribution in [0.5, 0.6) is 0 Å². The first-order chi connectivity index (χ1) is 11.9. The molecule has 2 aromatic carbocycles. The minimum Gasteiger partial charge on any atom is -0.347 e. The Balaban J connectivity index is 1.81. The van der Waals surface area contributed by atoms with Crippen LogP contribution in [0.2, 0.25) is 5.02 Å². The van der Waals surface area contributed by atoms with E-state index in [1.807, 2.05) is 0 Å². The van der Waals surface area contributed by atoms with E-state index < -0.39 is 0 Å². The Hall–Kier alpha value is -2.86. The summed E-state index contributed by atoms with van der Waals surface area (Å²) < 4.78 is 0. The first kappa shape index (κ1) is 18.5. The van der Waals surface area contributed by atoms with Crippen LogP contribution in [-0.4, -0.2) is 24.3 Å². The maximum Gasteiger partial charge on any atom is 0.243 e. The lowest BCUT2D eigenvalue weighted by Gasteiger charge is -2.09. The molecule has 0 aliphatic heterocycles. The molecule has 7 heteroatoms. The van der Waals surface area contributed by atoms with Gasteiger partial charge >= 0.3 is 0 Å². The van der Waals surface area contributed by atoms with Crippen LogP contribution in [0.25, 0.3) is 0 Å². The van der Waals surface area contributed by atoms with E-state index in [4.69, 9.17) is 11.6 Å². The number of halogens is 1. The maximum absolute atomic E-state index is 11.9. The number of amides is 3. The predicted octanol–water partition coefficient (Wildman–Crippen LogP) is 2.60. The number of rotatable bonds is 6. The Morgan fingerprint density at radius 2 is 1.56 bits per heavy atom. The largest absolute Gasteiger partial charge is 0.347 e. The van der Waals surface area contributed by atoms with E-state index in [2.05, 4.69) is 16.0 Å². The van der Waals surface area contributed by atoms with Crippen molar-refractivity contribution in [2.24, 2.45) is 0 Å². The molecule has 25 heavy (non-hydrogen) atoms. The molecule has 0 aromatic heterocycles. The molecule has 0 saturated heterocycles. The minimum atomic E-state index is -0.357. The average Bonchev–Trinajstić information content (AvgIpc) is 2.55. The van der Waals surface area contributed by atoms with E-state index >= 15 is 0 Å². The molecule has 0 aliphatic carbocycles.